The summed E-state index contributed by atoms with van der Waals surface area (Å²) >= 11 is 1.74. The molecule has 1 aromatic heterocycles. The van der Waals surface area contributed by atoms with Crippen molar-refractivity contribution < 1.29 is 4.79 Å². The lowest BCUT2D eigenvalue weighted by Crippen LogP contribution is -2.18. The lowest BCUT2D eigenvalue weighted by molar-refractivity contribution is -0.117. The van der Waals surface area contributed by atoms with Crippen molar-refractivity contribution in [2.75, 3.05) is 5.32 Å². The summed E-state index contributed by atoms with van der Waals surface area (Å²) in [6.07, 6.45) is 2.89. The van der Waals surface area contributed by atoms with Gasteiger partial charge < -0.3 is 5.32 Å². The van der Waals surface area contributed by atoms with Crippen LogP contribution in [0.4, 0.5) is 5.69 Å². The highest BCUT2D eigenvalue weighted by atomic mass is 32.1. The van der Waals surface area contributed by atoms with Crippen LogP contribution in [-0.2, 0) is 11.2 Å². The minimum absolute atomic E-state index is 0.159. The maximum absolute atomic E-state index is 11.4. The molecule has 0 radical (unpaired) electrons. The number of carbonyl (C=O) groups is 1. The highest BCUT2D eigenvalue weighted by Gasteiger charge is 2.16. The van der Waals surface area contributed by atoms with Crippen molar-refractivity contribution in [3.8, 4) is 0 Å². The number of hydrogen-bond donors (Lipinski definition) is 1. The van der Waals surface area contributed by atoms with Gasteiger partial charge in [-0.15, -0.1) is 11.3 Å². The molecule has 1 amide bonds. The van der Waals surface area contributed by atoms with Gasteiger partial charge in [-0.1, -0.05) is 6.92 Å². The van der Waals surface area contributed by atoms with Crippen molar-refractivity contribution in [1.29, 1.82) is 0 Å². The maximum Gasteiger partial charge on any atom is 0.224 e. The summed E-state index contributed by atoms with van der Waals surface area (Å²) in [5.41, 5.74) is 1.03. The van der Waals surface area contributed by atoms with E-state index in [-0.39, 0.29) is 5.91 Å². The van der Waals surface area contributed by atoms with Gasteiger partial charge in [0.25, 0.3) is 0 Å². The molecule has 2 nitrogen and oxygen atoms in total. The van der Waals surface area contributed by atoms with E-state index in [4.69, 9.17) is 0 Å². The lowest BCUT2D eigenvalue weighted by Gasteiger charge is -2.15. The molecule has 0 aromatic carbocycles. The number of amides is 1. The average Bonchev–Trinajstić information content (AvgIpc) is 2.45. The van der Waals surface area contributed by atoms with Gasteiger partial charge in [0.1, 0.15) is 0 Å². The van der Waals surface area contributed by atoms with Crippen molar-refractivity contribution in [1.82, 2.24) is 0 Å². The van der Waals surface area contributed by atoms with Gasteiger partial charge in [0, 0.05) is 11.3 Å². The summed E-state index contributed by atoms with van der Waals surface area (Å²) in [6.45, 7) is 2.14. The fourth-order valence-corrected chi connectivity index (χ4v) is 2.49. The fourth-order valence-electron chi connectivity index (χ4n) is 1.64. The molecule has 13 heavy (non-hydrogen) atoms. The van der Waals surface area contributed by atoms with Crippen molar-refractivity contribution in [3.05, 3.63) is 16.3 Å². The average molecular weight is 195 g/mol. The van der Waals surface area contributed by atoms with E-state index in [2.05, 4.69) is 12.2 Å². The van der Waals surface area contributed by atoms with Crippen LogP contribution >= 0.6 is 11.3 Å². The largest absolute Gasteiger partial charge is 0.325 e. The first-order chi connectivity index (χ1) is 6.25. The van der Waals surface area contributed by atoms with E-state index < -0.39 is 0 Å². The highest BCUT2D eigenvalue weighted by Crippen LogP contribution is 2.28. The van der Waals surface area contributed by atoms with E-state index in [1.807, 2.05) is 11.4 Å². The molecule has 1 aromatic rings. The Labute approximate surface area is 82.0 Å². The van der Waals surface area contributed by atoms with Crippen LogP contribution < -0.4 is 5.32 Å². The van der Waals surface area contributed by atoms with Crippen LogP contribution in [-0.4, -0.2) is 5.91 Å². The first-order valence-corrected chi connectivity index (χ1v) is 5.50. The molecule has 70 valence electrons. The normalized spacial score (nSPS) is 22.8. The zero-order valence-electron chi connectivity index (χ0n) is 7.67. The van der Waals surface area contributed by atoms with E-state index in [1.165, 1.54) is 4.88 Å². The molecule has 1 unspecified atom stereocenters. The monoisotopic (exact) mass is 195 g/mol. The minimum atomic E-state index is 0.159. The van der Waals surface area contributed by atoms with Gasteiger partial charge in [-0.2, -0.15) is 0 Å². The third-order valence-electron chi connectivity index (χ3n) is 2.42. The van der Waals surface area contributed by atoms with E-state index >= 15 is 0 Å². The van der Waals surface area contributed by atoms with Crippen molar-refractivity contribution in [3.63, 3.8) is 0 Å². The SMILES string of the molecule is CC1CCc2sccc2NC(=O)C1. The molecule has 2 rings (SSSR count). The maximum atomic E-state index is 11.4. The van der Waals surface area contributed by atoms with E-state index in [0.29, 0.717) is 12.3 Å². The third-order valence-corrected chi connectivity index (χ3v) is 3.40. The van der Waals surface area contributed by atoms with Crippen LogP contribution in [0.3, 0.4) is 0 Å². The van der Waals surface area contributed by atoms with Crippen molar-refractivity contribution in [2.24, 2.45) is 5.92 Å². The molecule has 0 saturated heterocycles. The molecule has 3 heteroatoms. The molecule has 1 aliphatic rings. The van der Waals surface area contributed by atoms with Gasteiger partial charge >= 0.3 is 0 Å². The predicted molar refractivity (Wildman–Crippen MR) is 55.1 cm³/mol. The predicted octanol–water partition coefficient (Wildman–Crippen LogP) is 2.66. The van der Waals surface area contributed by atoms with Crippen LogP contribution in [0.15, 0.2) is 11.4 Å². The number of carbonyl (C=O) groups excluding carboxylic acids is 1. The van der Waals surface area contributed by atoms with Crippen molar-refractivity contribution >= 4 is 22.9 Å². The summed E-state index contributed by atoms with van der Waals surface area (Å²) < 4.78 is 0. The second-order valence-electron chi connectivity index (χ2n) is 3.65. The Morgan fingerprint density at radius 1 is 1.62 bits per heavy atom. The van der Waals surface area contributed by atoms with Gasteiger partial charge in [0.05, 0.1) is 5.69 Å². The number of rotatable bonds is 0. The van der Waals surface area contributed by atoms with Gasteiger partial charge in [0.15, 0.2) is 0 Å². The third kappa shape index (κ3) is 1.91. The standard InChI is InChI=1S/C10H13NOS/c1-7-2-3-9-8(4-5-13-9)11-10(12)6-7/h4-5,7H,2-3,6H2,1H3,(H,11,12). The number of nitrogens with one attached hydrogen (secondary N) is 1. The summed E-state index contributed by atoms with van der Waals surface area (Å²) in [4.78, 5) is 12.7. The van der Waals surface area contributed by atoms with Gasteiger partial charge in [0.2, 0.25) is 5.91 Å². The molecule has 0 aliphatic carbocycles. The molecule has 0 saturated carbocycles. The Kier molecular flexibility index (Phi) is 2.36. The number of aryl methyl sites for hydroxylation is 1. The highest BCUT2D eigenvalue weighted by molar-refractivity contribution is 7.10. The summed E-state index contributed by atoms with van der Waals surface area (Å²) in [5.74, 6) is 0.669. The molecule has 0 spiro atoms. The molecule has 1 N–H and O–H groups in total. The first-order valence-electron chi connectivity index (χ1n) is 4.62. The quantitative estimate of drug-likeness (QED) is 0.677. The molecular weight excluding hydrogens is 182 g/mol. The number of anilines is 1. The zero-order chi connectivity index (χ0) is 9.26. The summed E-state index contributed by atoms with van der Waals surface area (Å²) in [5, 5.41) is 4.99. The minimum Gasteiger partial charge on any atom is -0.325 e. The van der Waals surface area contributed by atoms with Crippen LogP contribution in [0.5, 0.6) is 0 Å². The Morgan fingerprint density at radius 2 is 2.46 bits per heavy atom. The molecule has 2 heterocycles. The number of hydrogen-bond acceptors (Lipinski definition) is 2. The Morgan fingerprint density at radius 3 is 3.31 bits per heavy atom. The molecular formula is C10H13NOS. The molecule has 0 bridgehead atoms. The smallest absolute Gasteiger partial charge is 0.224 e. The lowest BCUT2D eigenvalue weighted by atomic mass is 9.99. The van der Waals surface area contributed by atoms with Gasteiger partial charge in [-0.25, -0.2) is 0 Å². The van der Waals surface area contributed by atoms with Crippen LogP contribution in [0, 0.1) is 5.92 Å². The Bertz CT molecular complexity index is 318. The van der Waals surface area contributed by atoms with E-state index in [1.54, 1.807) is 11.3 Å². The molecule has 0 fully saturated rings. The van der Waals surface area contributed by atoms with E-state index in [9.17, 15) is 4.79 Å². The molecule has 1 aliphatic heterocycles. The fraction of sp³-hybridized carbons (Fsp3) is 0.500. The second-order valence-corrected chi connectivity index (χ2v) is 4.65. The number of fused-ring (bicyclic) bond motifs is 1. The van der Waals surface area contributed by atoms with Crippen LogP contribution in [0.1, 0.15) is 24.6 Å². The van der Waals surface area contributed by atoms with Crippen molar-refractivity contribution in [2.45, 2.75) is 26.2 Å². The van der Waals surface area contributed by atoms with Gasteiger partial charge in [-0.3, -0.25) is 4.79 Å². The Balaban J connectivity index is 2.23. The van der Waals surface area contributed by atoms with Crippen LogP contribution in [0.2, 0.25) is 0 Å². The topological polar surface area (TPSA) is 29.1 Å². The summed E-state index contributed by atoms with van der Waals surface area (Å²) in [6, 6.07) is 1.99. The second kappa shape index (κ2) is 3.50. The first kappa shape index (κ1) is 8.75. The van der Waals surface area contributed by atoms with E-state index in [0.717, 1.165) is 18.5 Å². The number of thiophene rings is 1. The summed E-state index contributed by atoms with van der Waals surface area (Å²) in [7, 11) is 0. The zero-order valence-corrected chi connectivity index (χ0v) is 8.49. The van der Waals surface area contributed by atoms with Crippen LogP contribution in [0.25, 0.3) is 0 Å². The van der Waals surface area contributed by atoms with Gasteiger partial charge in [-0.05, 0) is 30.2 Å². The Hall–Kier alpha value is -0.830. The molecule has 1 atom stereocenters.